The Balaban J connectivity index is 2.06. The number of imide groups is 1. The molecule has 2 rings (SSSR count). The Hall–Kier alpha value is -1.59. The van der Waals surface area contributed by atoms with Crippen LogP contribution in [0.15, 0.2) is 0 Å². The maximum absolute atomic E-state index is 11.2. The van der Waals surface area contributed by atoms with Crippen LogP contribution in [0.25, 0.3) is 0 Å². The van der Waals surface area contributed by atoms with Gasteiger partial charge < -0.3 is 10.2 Å². The third kappa shape index (κ3) is 1.75. The molecule has 2 aliphatic rings. The summed E-state index contributed by atoms with van der Waals surface area (Å²) in [5.74, 6) is 0.572. The van der Waals surface area contributed by atoms with Crippen LogP contribution < -0.4 is 0 Å². The standard InChI is InChI=1S/C10H13NO5/c12-8-3-5-1-7(2-6(5)4-8)11(9(13)14)10(15)16/h5-7H,1-4H2,(H,13,14)(H,15,16)/t5-,6+,7?. The van der Waals surface area contributed by atoms with E-state index < -0.39 is 18.2 Å². The van der Waals surface area contributed by atoms with Crippen molar-refractivity contribution in [3.63, 3.8) is 0 Å². The Morgan fingerprint density at radius 1 is 1.06 bits per heavy atom. The van der Waals surface area contributed by atoms with Crippen molar-refractivity contribution in [3.8, 4) is 0 Å². The molecular formula is C10H13NO5. The molecule has 2 saturated carbocycles. The molecule has 0 spiro atoms. The molecule has 88 valence electrons. The molecule has 0 aromatic rings. The van der Waals surface area contributed by atoms with Crippen LogP contribution in [0.5, 0.6) is 0 Å². The molecule has 2 aliphatic carbocycles. The first-order chi connectivity index (χ1) is 7.49. The number of carboxylic acid groups (broad SMARTS) is 2. The van der Waals surface area contributed by atoms with E-state index in [1.165, 1.54) is 0 Å². The zero-order valence-electron chi connectivity index (χ0n) is 8.63. The topological polar surface area (TPSA) is 94.9 Å². The van der Waals surface area contributed by atoms with E-state index in [-0.39, 0.29) is 17.6 Å². The molecule has 6 heteroatoms. The van der Waals surface area contributed by atoms with E-state index in [1.54, 1.807) is 0 Å². The molecule has 2 amide bonds. The summed E-state index contributed by atoms with van der Waals surface area (Å²) >= 11 is 0. The van der Waals surface area contributed by atoms with Gasteiger partial charge in [0.15, 0.2) is 0 Å². The van der Waals surface area contributed by atoms with Gasteiger partial charge in [-0.3, -0.25) is 4.79 Å². The average molecular weight is 227 g/mol. The Morgan fingerprint density at radius 3 is 1.88 bits per heavy atom. The van der Waals surface area contributed by atoms with Gasteiger partial charge in [0.25, 0.3) is 0 Å². The minimum absolute atomic E-state index is 0.179. The van der Waals surface area contributed by atoms with Crippen LogP contribution in [0.1, 0.15) is 25.7 Å². The minimum Gasteiger partial charge on any atom is -0.465 e. The second kappa shape index (κ2) is 3.77. The van der Waals surface area contributed by atoms with E-state index in [0.717, 1.165) is 0 Å². The number of ketones is 1. The third-order valence-corrected chi connectivity index (χ3v) is 3.57. The lowest BCUT2D eigenvalue weighted by Crippen LogP contribution is -2.42. The summed E-state index contributed by atoms with van der Waals surface area (Å²) in [6.45, 7) is 0. The summed E-state index contributed by atoms with van der Waals surface area (Å²) in [6.07, 6.45) is -0.903. The summed E-state index contributed by atoms with van der Waals surface area (Å²) in [6, 6.07) is -0.474. The highest BCUT2D eigenvalue weighted by molar-refractivity contribution is 5.86. The summed E-state index contributed by atoms with van der Waals surface area (Å²) in [7, 11) is 0. The molecule has 0 bridgehead atoms. The number of hydrogen-bond acceptors (Lipinski definition) is 3. The van der Waals surface area contributed by atoms with E-state index in [4.69, 9.17) is 10.2 Å². The van der Waals surface area contributed by atoms with Crippen molar-refractivity contribution in [3.05, 3.63) is 0 Å². The fourth-order valence-electron chi connectivity index (χ4n) is 2.95. The molecule has 0 aromatic heterocycles. The van der Waals surface area contributed by atoms with E-state index in [9.17, 15) is 14.4 Å². The van der Waals surface area contributed by atoms with Gasteiger partial charge in [0.05, 0.1) is 0 Å². The summed E-state index contributed by atoms with van der Waals surface area (Å²) in [5, 5.41) is 17.6. The van der Waals surface area contributed by atoms with E-state index in [0.29, 0.717) is 30.6 Å². The van der Waals surface area contributed by atoms with Crippen molar-refractivity contribution in [1.29, 1.82) is 0 Å². The summed E-state index contributed by atoms with van der Waals surface area (Å²) in [4.78, 5) is 33.2. The number of Topliss-reactive ketones (excluding diaryl/α,β-unsaturated/α-hetero) is 1. The fourth-order valence-corrected chi connectivity index (χ4v) is 2.95. The molecule has 16 heavy (non-hydrogen) atoms. The first-order valence-electron chi connectivity index (χ1n) is 5.25. The zero-order valence-corrected chi connectivity index (χ0v) is 8.63. The first kappa shape index (κ1) is 10.9. The van der Waals surface area contributed by atoms with Gasteiger partial charge >= 0.3 is 12.2 Å². The number of carbonyl (C=O) groups excluding carboxylic acids is 1. The molecule has 0 aliphatic heterocycles. The Bertz CT molecular complexity index is 323. The molecule has 0 heterocycles. The molecule has 0 radical (unpaired) electrons. The lowest BCUT2D eigenvalue weighted by Gasteiger charge is -2.21. The number of fused-ring (bicyclic) bond motifs is 1. The lowest BCUT2D eigenvalue weighted by molar-refractivity contribution is -0.117. The molecule has 0 saturated heterocycles. The maximum atomic E-state index is 11.2. The average Bonchev–Trinajstić information content (AvgIpc) is 2.59. The van der Waals surface area contributed by atoms with Gasteiger partial charge in [-0.05, 0) is 24.7 Å². The molecule has 2 fully saturated rings. The van der Waals surface area contributed by atoms with Gasteiger partial charge in [0.1, 0.15) is 5.78 Å². The zero-order chi connectivity index (χ0) is 11.9. The smallest absolute Gasteiger partial charge is 0.417 e. The van der Waals surface area contributed by atoms with Crippen molar-refractivity contribution in [1.82, 2.24) is 4.90 Å². The highest BCUT2D eigenvalue weighted by atomic mass is 16.4. The van der Waals surface area contributed by atoms with E-state index in [1.807, 2.05) is 0 Å². The third-order valence-electron chi connectivity index (χ3n) is 3.57. The normalized spacial score (nSPS) is 32.5. The fraction of sp³-hybridized carbons (Fsp3) is 0.700. The highest BCUT2D eigenvalue weighted by Crippen LogP contribution is 2.44. The number of hydrogen-bond donors (Lipinski definition) is 2. The number of nitrogens with zero attached hydrogens (tertiary/aromatic N) is 1. The molecule has 2 N–H and O–H groups in total. The summed E-state index contributed by atoms with van der Waals surface area (Å²) < 4.78 is 0. The Labute approximate surface area is 91.8 Å². The number of carbonyl (C=O) groups is 3. The van der Waals surface area contributed by atoms with Crippen molar-refractivity contribution in [2.45, 2.75) is 31.7 Å². The number of amides is 2. The van der Waals surface area contributed by atoms with Crippen molar-refractivity contribution >= 4 is 18.0 Å². The highest BCUT2D eigenvalue weighted by Gasteiger charge is 2.45. The Kier molecular flexibility index (Phi) is 2.57. The van der Waals surface area contributed by atoms with Crippen molar-refractivity contribution in [2.75, 3.05) is 0 Å². The molecule has 6 nitrogen and oxygen atoms in total. The van der Waals surface area contributed by atoms with E-state index in [2.05, 4.69) is 0 Å². The van der Waals surface area contributed by atoms with Gasteiger partial charge in [-0.25, -0.2) is 14.5 Å². The summed E-state index contributed by atoms with van der Waals surface area (Å²) in [5.41, 5.74) is 0. The monoisotopic (exact) mass is 227 g/mol. The van der Waals surface area contributed by atoms with Crippen LogP contribution in [0.4, 0.5) is 9.59 Å². The second-order valence-electron chi connectivity index (χ2n) is 4.53. The van der Waals surface area contributed by atoms with Gasteiger partial charge in [-0.15, -0.1) is 0 Å². The van der Waals surface area contributed by atoms with Crippen molar-refractivity contribution < 1.29 is 24.6 Å². The SMILES string of the molecule is O=C1C[C@@H]2CC(N(C(=O)O)C(=O)O)C[C@@H]2C1. The maximum Gasteiger partial charge on any atom is 0.417 e. The molecule has 0 aromatic carbocycles. The second-order valence-corrected chi connectivity index (χ2v) is 4.53. The van der Waals surface area contributed by atoms with Crippen LogP contribution in [-0.2, 0) is 4.79 Å². The van der Waals surface area contributed by atoms with E-state index >= 15 is 0 Å². The molecule has 1 unspecified atom stereocenters. The quantitative estimate of drug-likeness (QED) is 0.706. The number of rotatable bonds is 1. The first-order valence-corrected chi connectivity index (χ1v) is 5.25. The predicted molar refractivity (Wildman–Crippen MR) is 52.1 cm³/mol. The van der Waals surface area contributed by atoms with Crippen molar-refractivity contribution in [2.24, 2.45) is 11.8 Å². The molecular weight excluding hydrogens is 214 g/mol. The van der Waals surface area contributed by atoms with Gasteiger partial charge in [-0.1, -0.05) is 0 Å². The van der Waals surface area contributed by atoms with Crippen LogP contribution in [0, 0.1) is 11.8 Å². The van der Waals surface area contributed by atoms with Crippen LogP contribution in [0.3, 0.4) is 0 Å². The Morgan fingerprint density at radius 2 is 1.50 bits per heavy atom. The van der Waals surface area contributed by atoms with Gasteiger partial charge in [0, 0.05) is 18.9 Å². The predicted octanol–water partition coefficient (Wildman–Crippen LogP) is 1.40. The van der Waals surface area contributed by atoms with Gasteiger partial charge in [0.2, 0.25) is 0 Å². The molecule has 3 atom stereocenters. The lowest BCUT2D eigenvalue weighted by atomic mass is 10.0. The van der Waals surface area contributed by atoms with Crippen LogP contribution in [-0.4, -0.2) is 39.1 Å². The van der Waals surface area contributed by atoms with Crippen LogP contribution >= 0.6 is 0 Å². The minimum atomic E-state index is -1.43. The largest absolute Gasteiger partial charge is 0.465 e. The van der Waals surface area contributed by atoms with Gasteiger partial charge in [-0.2, -0.15) is 0 Å². The van der Waals surface area contributed by atoms with Crippen LogP contribution in [0.2, 0.25) is 0 Å².